The van der Waals surface area contributed by atoms with E-state index in [0.717, 1.165) is 45.6 Å². The molecule has 1 atom stereocenters. The van der Waals surface area contributed by atoms with Gasteiger partial charge in [0.2, 0.25) is 0 Å². The molecular weight excluding hydrogens is 238 g/mol. The first-order chi connectivity index (χ1) is 9.36. The quantitative estimate of drug-likeness (QED) is 0.624. The Morgan fingerprint density at radius 1 is 1.11 bits per heavy atom. The molecule has 0 heterocycles. The zero-order valence-corrected chi connectivity index (χ0v) is 12.2. The average Bonchev–Trinajstić information content (AvgIpc) is 2.44. The lowest BCUT2D eigenvalue weighted by Crippen LogP contribution is -2.22. The Balaban J connectivity index is 2.21. The zero-order valence-electron chi connectivity index (χ0n) is 12.2. The van der Waals surface area contributed by atoms with Gasteiger partial charge in [-0.2, -0.15) is 0 Å². The Morgan fingerprint density at radius 2 is 1.89 bits per heavy atom. The van der Waals surface area contributed by atoms with Crippen LogP contribution >= 0.6 is 0 Å². The maximum Gasteiger partial charge on any atom is 0.0487 e. The number of ether oxygens (including phenoxy) is 2. The molecule has 0 radical (unpaired) electrons. The van der Waals surface area contributed by atoms with Crippen molar-refractivity contribution < 1.29 is 9.47 Å². The van der Waals surface area contributed by atoms with Crippen LogP contribution in [0.1, 0.15) is 18.4 Å². The first-order valence-electron chi connectivity index (χ1n) is 7.12. The molecule has 0 bridgehead atoms. The second kappa shape index (κ2) is 11.0. The SMILES string of the molecule is CNCC(CCOCCCOC)Cc1ccccc1. The number of benzene rings is 1. The number of nitrogens with one attached hydrogen (secondary N) is 1. The van der Waals surface area contributed by atoms with E-state index in [1.165, 1.54) is 5.56 Å². The van der Waals surface area contributed by atoms with Crippen LogP contribution in [0.5, 0.6) is 0 Å². The number of methoxy groups -OCH3 is 1. The number of rotatable bonds is 11. The molecule has 0 amide bonds. The van der Waals surface area contributed by atoms with Gasteiger partial charge in [0.1, 0.15) is 0 Å². The summed E-state index contributed by atoms with van der Waals surface area (Å²) < 4.78 is 10.6. The summed E-state index contributed by atoms with van der Waals surface area (Å²) >= 11 is 0. The second-order valence-corrected chi connectivity index (χ2v) is 4.86. The van der Waals surface area contributed by atoms with Gasteiger partial charge in [0.15, 0.2) is 0 Å². The van der Waals surface area contributed by atoms with Crippen LogP contribution in [0.4, 0.5) is 0 Å². The van der Waals surface area contributed by atoms with Crippen molar-refractivity contribution in [3.63, 3.8) is 0 Å². The first-order valence-corrected chi connectivity index (χ1v) is 7.12. The van der Waals surface area contributed by atoms with E-state index < -0.39 is 0 Å². The third-order valence-electron chi connectivity index (χ3n) is 3.17. The minimum absolute atomic E-state index is 0.634. The minimum Gasteiger partial charge on any atom is -0.385 e. The lowest BCUT2D eigenvalue weighted by Gasteiger charge is -2.16. The molecule has 0 aliphatic carbocycles. The van der Waals surface area contributed by atoms with Gasteiger partial charge in [0.05, 0.1) is 0 Å². The van der Waals surface area contributed by atoms with Gasteiger partial charge < -0.3 is 14.8 Å². The van der Waals surface area contributed by atoms with Crippen LogP contribution < -0.4 is 5.32 Å². The smallest absolute Gasteiger partial charge is 0.0487 e. The molecule has 0 aromatic heterocycles. The fourth-order valence-corrected chi connectivity index (χ4v) is 2.17. The van der Waals surface area contributed by atoms with E-state index in [0.29, 0.717) is 5.92 Å². The van der Waals surface area contributed by atoms with Crippen LogP contribution in [0.2, 0.25) is 0 Å². The van der Waals surface area contributed by atoms with E-state index in [4.69, 9.17) is 9.47 Å². The van der Waals surface area contributed by atoms with Gasteiger partial charge in [-0.1, -0.05) is 30.3 Å². The highest BCUT2D eigenvalue weighted by Crippen LogP contribution is 2.12. The fraction of sp³-hybridized carbons (Fsp3) is 0.625. The number of hydrogen-bond donors (Lipinski definition) is 1. The van der Waals surface area contributed by atoms with Gasteiger partial charge in [-0.25, -0.2) is 0 Å². The molecule has 0 saturated heterocycles. The number of hydrogen-bond acceptors (Lipinski definition) is 3. The van der Waals surface area contributed by atoms with Crippen molar-refractivity contribution in [3.05, 3.63) is 35.9 Å². The molecule has 1 rings (SSSR count). The van der Waals surface area contributed by atoms with Crippen LogP contribution in [0.15, 0.2) is 30.3 Å². The predicted molar refractivity (Wildman–Crippen MR) is 79.5 cm³/mol. The summed E-state index contributed by atoms with van der Waals surface area (Å²) in [6, 6.07) is 10.7. The highest BCUT2D eigenvalue weighted by Gasteiger charge is 2.08. The summed E-state index contributed by atoms with van der Waals surface area (Å²) in [5, 5.41) is 3.27. The van der Waals surface area contributed by atoms with Crippen molar-refractivity contribution in [2.75, 3.05) is 40.5 Å². The molecule has 3 nitrogen and oxygen atoms in total. The Labute approximate surface area is 117 Å². The monoisotopic (exact) mass is 265 g/mol. The van der Waals surface area contributed by atoms with Crippen molar-refractivity contribution in [1.82, 2.24) is 5.32 Å². The summed E-state index contributed by atoms with van der Waals surface area (Å²) in [6.45, 7) is 3.45. The largest absolute Gasteiger partial charge is 0.385 e. The molecule has 0 aliphatic heterocycles. The highest BCUT2D eigenvalue weighted by atomic mass is 16.5. The van der Waals surface area contributed by atoms with Gasteiger partial charge >= 0.3 is 0 Å². The Hall–Kier alpha value is -0.900. The molecule has 108 valence electrons. The minimum atomic E-state index is 0.634. The maximum absolute atomic E-state index is 5.64. The van der Waals surface area contributed by atoms with Crippen LogP contribution in [0, 0.1) is 5.92 Å². The van der Waals surface area contributed by atoms with Gasteiger partial charge in [-0.15, -0.1) is 0 Å². The van der Waals surface area contributed by atoms with Crippen molar-refractivity contribution in [2.24, 2.45) is 5.92 Å². The van der Waals surface area contributed by atoms with Crippen LogP contribution in [0.25, 0.3) is 0 Å². The summed E-state index contributed by atoms with van der Waals surface area (Å²) in [6.07, 6.45) is 3.19. The lowest BCUT2D eigenvalue weighted by molar-refractivity contribution is 0.0937. The topological polar surface area (TPSA) is 30.5 Å². The predicted octanol–water partition coefficient (Wildman–Crippen LogP) is 2.51. The normalized spacial score (nSPS) is 12.5. The Kier molecular flexibility index (Phi) is 9.33. The van der Waals surface area contributed by atoms with Crippen molar-refractivity contribution in [1.29, 1.82) is 0 Å². The van der Waals surface area contributed by atoms with E-state index in [-0.39, 0.29) is 0 Å². The summed E-state index contributed by atoms with van der Waals surface area (Å²) in [5.74, 6) is 0.634. The summed E-state index contributed by atoms with van der Waals surface area (Å²) in [7, 11) is 3.74. The molecule has 0 spiro atoms. The van der Waals surface area contributed by atoms with E-state index in [2.05, 4.69) is 35.6 Å². The third kappa shape index (κ3) is 7.98. The first kappa shape index (κ1) is 16.2. The molecule has 0 aliphatic rings. The van der Waals surface area contributed by atoms with Gasteiger partial charge in [0, 0.05) is 26.9 Å². The second-order valence-electron chi connectivity index (χ2n) is 4.86. The van der Waals surface area contributed by atoms with Crippen LogP contribution in [-0.2, 0) is 15.9 Å². The standard InChI is InChI=1S/C16H27NO2/c1-17-14-16(9-12-19-11-6-10-18-2)13-15-7-4-3-5-8-15/h3-5,7-8,16-17H,6,9-14H2,1-2H3. The summed E-state index contributed by atoms with van der Waals surface area (Å²) in [5.41, 5.74) is 1.40. The Morgan fingerprint density at radius 3 is 2.58 bits per heavy atom. The molecule has 19 heavy (non-hydrogen) atoms. The van der Waals surface area contributed by atoms with Gasteiger partial charge in [-0.3, -0.25) is 0 Å². The molecular formula is C16H27NO2. The van der Waals surface area contributed by atoms with E-state index in [1.54, 1.807) is 7.11 Å². The summed E-state index contributed by atoms with van der Waals surface area (Å²) in [4.78, 5) is 0. The van der Waals surface area contributed by atoms with Crippen molar-refractivity contribution in [3.8, 4) is 0 Å². The lowest BCUT2D eigenvalue weighted by atomic mass is 9.96. The zero-order chi connectivity index (χ0) is 13.8. The molecule has 1 N–H and O–H groups in total. The van der Waals surface area contributed by atoms with E-state index >= 15 is 0 Å². The van der Waals surface area contributed by atoms with Gasteiger partial charge in [-0.05, 0) is 44.3 Å². The Bertz CT molecular complexity index is 303. The van der Waals surface area contributed by atoms with Crippen molar-refractivity contribution >= 4 is 0 Å². The third-order valence-corrected chi connectivity index (χ3v) is 3.17. The fourth-order valence-electron chi connectivity index (χ4n) is 2.17. The molecule has 0 fully saturated rings. The molecule has 1 unspecified atom stereocenters. The highest BCUT2D eigenvalue weighted by molar-refractivity contribution is 5.15. The van der Waals surface area contributed by atoms with Crippen molar-refractivity contribution in [2.45, 2.75) is 19.3 Å². The van der Waals surface area contributed by atoms with E-state index in [1.807, 2.05) is 7.05 Å². The molecule has 3 heteroatoms. The maximum atomic E-state index is 5.64. The molecule has 0 saturated carbocycles. The van der Waals surface area contributed by atoms with Crippen LogP contribution in [-0.4, -0.2) is 40.5 Å². The molecule has 1 aromatic carbocycles. The average molecular weight is 265 g/mol. The van der Waals surface area contributed by atoms with E-state index in [9.17, 15) is 0 Å². The van der Waals surface area contributed by atoms with Crippen LogP contribution in [0.3, 0.4) is 0 Å². The van der Waals surface area contributed by atoms with Gasteiger partial charge in [0.25, 0.3) is 0 Å². The molecule has 1 aromatic rings.